The third-order valence-electron chi connectivity index (χ3n) is 4.12. The Morgan fingerprint density at radius 2 is 1.89 bits per heavy atom. The number of nitriles is 1. The maximum Gasteiger partial charge on any atom is 0.0669 e. The first-order chi connectivity index (χ1) is 9.20. The summed E-state index contributed by atoms with van der Waals surface area (Å²) in [5.41, 5.74) is 2.47. The van der Waals surface area contributed by atoms with Crippen molar-refractivity contribution in [2.45, 2.75) is 31.8 Å². The van der Waals surface area contributed by atoms with Crippen LogP contribution in [0.5, 0.6) is 0 Å². The first-order valence-corrected chi connectivity index (χ1v) is 7.03. The monoisotopic (exact) mass is 257 g/mol. The molecule has 1 fully saturated rings. The standard InChI is InChI=1S/C16H23N3/c1-18-11-8-16(9-12-18)19(2)13-15-6-4-3-5-14(15)7-10-17/h3-6,16H,7-9,11-13H2,1-2H3. The first kappa shape index (κ1) is 14.0. The van der Waals surface area contributed by atoms with Crippen molar-refractivity contribution >= 4 is 0 Å². The van der Waals surface area contributed by atoms with Crippen LogP contribution < -0.4 is 0 Å². The fourth-order valence-electron chi connectivity index (χ4n) is 2.80. The maximum absolute atomic E-state index is 8.89. The van der Waals surface area contributed by atoms with Gasteiger partial charge in [0, 0.05) is 12.6 Å². The van der Waals surface area contributed by atoms with Crippen LogP contribution in [-0.4, -0.2) is 43.0 Å². The molecule has 1 heterocycles. The van der Waals surface area contributed by atoms with Crippen molar-refractivity contribution in [2.24, 2.45) is 0 Å². The SMILES string of the molecule is CN1CCC(N(C)Cc2ccccc2CC#N)CC1. The minimum atomic E-state index is 0.511. The van der Waals surface area contributed by atoms with E-state index >= 15 is 0 Å². The molecule has 1 aromatic rings. The lowest BCUT2D eigenvalue weighted by atomic mass is 10.0. The summed E-state index contributed by atoms with van der Waals surface area (Å²) >= 11 is 0. The second-order valence-electron chi connectivity index (χ2n) is 5.55. The Morgan fingerprint density at radius 1 is 1.26 bits per heavy atom. The topological polar surface area (TPSA) is 30.3 Å². The lowest BCUT2D eigenvalue weighted by Gasteiger charge is -2.35. The number of nitrogens with zero attached hydrogens (tertiary/aromatic N) is 3. The highest BCUT2D eigenvalue weighted by Gasteiger charge is 2.20. The number of benzene rings is 1. The van der Waals surface area contributed by atoms with Gasteiger partial charge in [-0.25, -0.2) is 0 Å². The van der Waals surface area contributed by atoms with E-state index in [1.807, 2.05) is 6.07 Å². The van der Waals surface area contributed by atoms with Crippen molar-refractivity contribution in [3.8, 4) is 6.07 Å². The first-order valence-electron chi connectivity index (χ1n) is 7.03. The molecule has 0 saturated carbocycles. The van der Waals surface area contributed by atoms with Gasteiger partial charge in [-0.3, -0.25) is 4.90 Å². The van der Waals surface area contributed by atoms with Crippen molar-refractivity contribution in [2.75, 3.05) is 27.2 Å². The highest BCUT2D eigenvalue weighted by molar-refractivity contribution is 5.29. The van der Waals surface area contributed by atoms with E-state index in [9.17, 15) is 0 Å². The van der Waals surface area contributed by atoms with Gasteiger partial charge < -0.3 is 4.90 Å². The molecule has 0 spiro atoms. The minimum Gasteiger partial charge on any atom is -0.306 e. The predicted octanol–water partition coefficient (Wildman–Crippen LogP) is 2.28. The number of piperidine rings is 1. The van der Waals surface area contributed by atoms with E-state index in [1.54, 1.807) is 0 Å². The van der Waals surface area contributed by atoms with Crippen LogP contribution in [0.15, 0.2) is 24.3 Å². The van der Waals surface area contributed by atoms with E-state index in [2.05, 4.69) is 48.2 Å². The normalized spacial score (nSPS) is 17.6. The van der Waals surface area contributed by atoms with Gasteiger partial charge in [-0.05, 0) is 51.2 Å². The lowest BCUT2D eigenvalue weighted by Crippen LogP contribution is -2.41. The van der Waals surface area contributed by atoms with Gasteiger partial charge in [-0.2, -0.15) is 5.26 Å². The summed E-state index contributed by atoms with van der Waals surface area (Å²) in [7, 11) is 4.40. The van der Waals surface area contributed by atoms with Gasteiger partial charge in [0.2, 0.25) is 0 Å². The highest BCUT2D eigenvalue weighted by atomic mass is 15.2. The Bertz CT molecular complexity index is 442. The second kappa shape index (κ2) is 6.70. The maximum atomic E-state index is 8.89. The highest BCUT2D eigenvalue weighted by Crippen LogP contribution is 2.18. The molecule has 1 aliphatic rings. The van der Waals surface area contributed by atoms with Crippen LogP contribution in [-0.2, 0) is 13.0 Å². The van der Waals surface area contributed by atoms with Crippen molar-refractivity contribution in [1.29, 1.82) is 5.26 Å². The molecule has 0 aromatic heterocycles. The van der Waals surface area contributed by atoms with Crippen LogP contribution in [0.25, 0.3) is 0 Å². The van der Waals surface area contributed by atoms with E-state index in [1.165, 1.54) is 37.1 Å². The number of hydrogen-bond acceptors (Lipinski definition) is 3. The summed E-state index contributed by atoms with van der Waals surface area (Å²) < 4.78 is 0. The average molecular weight is 257 g/mol. The Morgan fingerprint density at radius 3 is 2.53 bits per heavy atom. The minimum absolute atomic E-state index is 0.511. The zero-order valence-electron chi connectivity index (χ0n) is 12.0. The van der Waals surface area contributed by atoms with E-state index in [0.717, 1.165) is 6.54 Å². The molecular weight excluding hydrogens is 234 g/mol. The third kappa shape index (κ3) is 3.79. The Hall–Kier alpha value is -1.37. The summed E-state index contributed by atoms with van der Waals surface area (Å²) in [4.78, 5) is 4.84. The van der Waals surface area contributed by atoms with Gasteiger partial charge in [0.1, 0.15) is 0 Å². The van der Waals surface area contributed by atoms with E-state index in [4.69, 9.17) is 5.26 Å². The Kier molecular flexibility index (Phi) is 4.95. The van der Waals surface area contributed by atoms with Crippen LogP contribution in [0.2, 0.25) is 0 Å². The number of hydrogen-bond donors (Lipinski definition) is 0. The van der Waals surface area contributed by atoms with Crippen molar-refractivity contribution in [3.05, 3.63) is 35.4 Å². The zero-order chi connectivity index (χ0) is 13.7. The number of rotatable bonds is 4. The lowest BCUT2D eigenvalue weighted by molar-refractivity contribution is 0.139. The van der Waals surface area contributed by atoms with Crippen molar-refractivity contribution in [3.63, 3.8) is 0 Å². The molecule has 0 atom stereocenters. The smallest absolute Gasteiger partial charge is 0.0669 e. The average Bonchev–Trinajstić information content (AvgIpc) is 2.42. The van der Waals surface area contributed by atoms with Crippen LogP contribution in [0.4, 0.5) is 0 Å². The van der Waals surface area contributed by atoms with Gasteiger partial charge in [0.25, 0.3) is 0 Å². The molecule has 3 nitrogen and oxygen atoms in total. The molecule has 0 aliphatic carbocycles. The summed E-state index contributed by atoms with van der Waals surface area (Å²) in [6.45, 7) is 3.33. The largest absolute Gasteiger partial charge is 0.306 e. The Labute approximate surface area is 116 Å². The molecule has 0 N–H and O–H groups in total. The van der Waals surface area contributed by atoms with Crippen LogP contribution in [0, 0.1) is 11.3 Å². The molecule has 0 radical (unpaired) electrons. The molecule has 1 saturated heterocycles. The van der Waals surface area contributed by atoms with Crippen LogP contribution >= 0.6 is 0 Å². The van der Waals surface area contributed by atoms with Gasteiger partial charge >= 0.3 is 0 Å². The molecule has 0 unspecified atom stereocenters. The van der Waals surface area contributed by atoms with E-state index in [0.29, 0.717) is 12.5 Å². The Balaban J connectivity index is 1.99. The molecular formula is C16H23N3. The molecule has 1 aromatic carbocycles. The quantitative estimate of drug-likeness (QED) is 0.829. The molecule has 3 heteroatoms. The summed E-state index contributed by atoms with van der Waals surface area (Å²) in [6.07, 6.45) is 3.00. The molecule has 19 heavy (non-hydrogen) atoms. The van der Waals surface area contributed by atoms with E-state index in [-0.39, 0.29) is 0 Å². The van der Waals surface area contributed by atoms with Gasteiger partial charge in [0.05, 0.1) is 12.5 Å². The fourth-order valence-corrected chi connectivity index (χ4v) is 2.80. The summed E-state index contributed by atoms with van der Waals surface area (Å²) in [6, 6.07) is 11.2. The zero-order valence-corrected chi connectivity index (χ0v) is 12.0. The van der Waals surface area contributed by atoms with Gasteiger partial charge in [-0.15, -0.1) is 0 Å². The molecule has 102 valence electrons. The van der Waals surface area contributed by atoms with E-state index < -0.39 is 0 Å². The molecule has 1 aliphatic heterocycles. The summed E-state index contributed by atoms with van der Waals surface area (Å²) in [5.74, 6) is 0. The van der Waals surface area contributed by atoms with Crippen LogP contribution in [0.3, 0.4) is 0 Å². The van der Waals surface area contributed by atoms with Gasteiger partial charge in [0.15, 0.2) is 0 Å². The molecule has 2 rings (SSSR count). The number of likely N-dealkylation sites (tertiary alicyclic amines) is 1. The third-order valence-corrected chi connectivity index (χ3v) is 4.12. The van der Waals surface area contributed by atoms with Gasteiger partial charge in [-0.1, -0.05) is 24.3 Å². The molecule has 0 amide bonds. The second-order valence-corrected chi connectivity index (χ2v) is 5.55. The van der Waals surface area contributed by atoms with Crippen molar-refractivity contribution < 1.29 is 0 Å². The van der Waals surface area contributed by atoms with Crippen molar-refractivity contribution in [1.82, 2.24) is 9.80 Å². The fraction of sp³-hybridized carbons (Fsp3) is 0.562. The van der Waals surface area contributed by atoms with Crippen LogP contribution in [0.1, 0.15) is 24.0 Å². The predicted molar refractivity (Wildman–Crippen MR) is 77.7 cm³/mol. The molecule has 0 bridgehead atoms. The summed E-state index contributed by atoms with van der Waals surface area (Å²) in [5, 5.41) is 8.89.